The molecule has 2 rings (SSSR count). The van der Waals surface area contributed by atoms with Crippen molar-refractivity contribution in [3.63, 3.8) is 0 Å². The van der Waals surface area contributed by atoms with Crippen molar-refractivity contribution in [1.82, 2.24) is 5.32 Å². The molecule has 1 aliphatic rings. The summed E-state index contributed by atoms with van der Waals surface area (Å²) in [5, 5.41) is 15.2. The van der Waals surface area contributed by atoms with Crippen molar-refractivity contribution in [2.45, 2.75) is 70.8 Å². The Bertz CT molecular complexity index is 637. The fourth-order valence-corrected chi connectivity index (χ4v) is 3.32. The number of amides is 1. The summed E-state index contributed by atoms with van der Waals surface area (Å²) in [6.45, 7) is 2.75. The fourth-order valence-electron chi connectivity index (χ4n) is 3.32. The molecule has 5 nitrogen and oxygen atoms in total. The largest absolute Gasteiger partial charge is 0.480 e. The van der Waals surface area contributed by atoms with Gasteiger partial charge < -0.3 is 15.7 Å². The first-order valence-electron chi connectivity index (χ1n) is 10.1. The van der Waals surface area contributed by atoms with E-state index in [0.717, 1.165) is 38.5 Å². The van der Waals surface area contributed by atoms with Gasteiger partial charge in [-0.2, -0.15) is 0 Å². The van der Waals surface area contributed by atoms with Crippen LogP contribution in [0.4, 0.5) is 5.69 Å². The summed E-state index contributed by atoms with van der Waals surface area (Å²) in [6.07, 6.45) is 11.1. The van der Waals surface area contributed by atoms with Crippen LogP contribution in [0.5, 0.6) is 0 Å². The molecular weight excluding hydrogens is 340 g/mol. The molecule has 0 fully saturated rings. The van der Waals surface area contributed by atoms with Gasteiger partial charge in [0.15, 0.2) is 0 Å². The van der Waals surface area contributed by atoms with E-state index < -0.39 is 12.0 Å². The van der Waals surface area contributed by atoms with Gasteiger partial charge in [-0.15, -0.1) is 0 Å². The third-order valence-electron chi connectivity index (χ3n) is 4.97. The first-order chi connectivity index (χ1) is 13.1. The van der Waals surface area contributed by atoms with Crippen LogP contribution in [0.15, 0.2) is 35.9 Å². The Morgan fingerprint density at radius 2 is 1.93 bits per heavy atom. The minimum absolute atomic E-state index is 0.0774. The molecule has 27 heavy (non-hydrogen) atoms. The topological polar surface area (TPSA) is 78.4 Å². The summed E-state index contributed by atoms with van der Waals surface area (Å²) < 4.78 is 0. The molecule has 0 saturated carbocycles. The van der Waals surface area contributed by atoms with E-state index in [0.29, 0.717) is 12.2 Å². The van der Waals surface area contributed by atoms with Crippen LogP contribution in [0, 0.1) is 0 Å². The van der Waals surface area contributed by atoms with Crippen LogP contribution in [0.1, 0.15) is 63.9 Å². The van der Waals surface area contributed by atoms with Gasteiger partial charge in [-0.3, -0.25) is 9.59 Å². The number of benzene rings is 1. The molecule has 0 heterocycles. The number of carbonyl (C=O) groups is 2. The molecule has 5 heteroatoms. The Morgan fingerprint density at radius 1 is 1.15 bits per heavy atom. The molecule has 1 atom stereocenters. The van der Waals surface area contributed by atoms with Crippen LogP contribution < -0.4 is 10.6 Å². The average Bonchev–Trinajstić information content (AvgIpc) is 2.67. The van der Waals surface area contributed by atoms with Crippen LogP contribution in [0.2, 0.25) is 0 Å². The van der Waals surface area contributed by atoms with Crippen molar-refractivity contribution >= 4 is 17.6 Å². The van der Waals surface area contributed by atoms with Gasteiger partial charge in [0.05, 0.1) is 6.42 Å². The summed E-state index contributed by atoms with van der Waals surface area (Å²) in [7, 11) is 0. The Balaban J connectivity index is 1.78. The molecule has 1 unspecified atom stereocenters. The zero-order chi connectivity index (χ0) is 19.5. The van der Waals surface area contributed by atoms with Gasteiger partial charge in [-0.05, 0) is 69.2 Å². The highest BCUT2D eigenvalue weighted by atomic mass is 16.4. The molecule has 0 aromatic heterocycles. The summed E-state index contributed by atoms with van der Waals surface area (Å²) in [4.78, 5) is 23.7. The van der Waals surface area contributed by atoms with Gasteiger partial charge in [0.2, 0.25) is 5.91 Å². The molecule has 148 valence electrons. The van der Waals surface area contributed by atoms with Gasteiger partial charge in [0.25, 0.3) is 0 Å². The van der Waals surface area contributed by atoms with E-state index in [1.807, 2.05) is 24.3 Å². The number of nitrogens with one attached hydrogen (secondary N) is 2. The normalized spacial score (nSPS) is 15.1. The molecule has 1 amide bonds. The Morgan fingerprint density at radius 3 is 2.56 bits per heavy atom. The molecule has 0 spiro atoms. The third kappa shape index (κ3) is 7.95. The number of aliphatic carboxylic acids is 1. The third-order valence-corrected chi connectivity index (χ3v) is 4.97. The van der Waals surface area contributed by atoms with Crippen LogP contribution in [-0.2, 0) is 16.0 Å². The minimum Gasteiger partial charge on any atom is -0.480 e. The van der Waals surface area contributed by atoms with E-state index in [-0.39, 0.29) is 12.3 Å². The second-order valence-electron chi connectivity index (χ2n) is 7.26. The number of allylic oxidation sites excluding steroid dienone is 1. The van der Waals surface area contributed by atoms with Crippen molar-refractivity contribution in [3.05, 3.63) is 41.5 Å². The first-order valence-corrected chi connectivity index (χ1v) is 10.1. The smallest absolute Gasteiger partial charge is 0.321 e. The van der Waals surface area contributed by atoms with Crippen LogP contribution in [0.3, 0.4) is 0 Å². The fraction of sp³-hybridized carbons (Fsp3) is 0.545. The van der Waals surface area contributed by atoms with Gasteiger partial charge in [-0.1, -0.05) is 37.1 Å². The van der Waals surface area contributed by atoms with E-state index in [9.17, 15) is 14.7 Å². The lowest BCUT2D eigenvalue weighted by Crippen LogP contribution is -2.40. The van der Waals surface area contributed by atoms with E-state index >= 15 is 0 Å². The zero-order valence-electron chi connectivity index (χ0n) is 16.3. The van der Waals surface area contributed by atoms with Crippen molar-refractivity contribution in [2.75, 3.05) is 11.9 Å². The Kier molecular flexibility index (Phi) is 9.05. The van der Waals surface area contributed by atoms with E-state index in [1.165, 1.54) is 24.0 Å². The van der Waals surface area contributed by atoms with Crippen molar-refractivity contribution in [1.29, 1.82) is 0 Å². The maximum atomic E-state index is 12.2. The summed E-state index contributed by atoms with van der Waals surface area (Å²) >= 11 is 0. The Hall–Kier alpha value is -2.14. The molecule has 3 N–H and O–H groups in total. The summed E-state index contributed by atoms with van der Waals surface area (Å²) in [5.74, 6) is -1.27. The zero-order valence-corrected chi connectivity index (χ0v) is 16.3. The van der Waals surface area contributed by atoms with Gasteiger partial charge in [0.1, 0.15) is 6.04 Å². The van der Waals surface area contributed by atoms with E-state index in [2.05, 4.69) is 23.6 Å². The number of carboxylic acid groups (broad SMARTS) is 1. The molecule has 1 aromatic rings. The molecule has 0 radical (unpaired) electrons. The predicted molar refractivity (Wildman–Crippen MR) is 109 cm³/mol. The number of carbonyl (C=O) groups excluding carboxylic acids is 1. The first kappa shape index (κ1) is 21.2. The van der Waals surface area contributed by atoms with Gasteiger partial charge >= 0.3 is 5.97 Å². The minimum atomic E-state index is -0.988. The van der Waals surface area contributed by atoms with Gasteiger partial charge in [0, 0.05) is 5.69 Å². The molecule has 1 aromatic carbocycles. The molecular formula is C22H32N2O3. The van der Waals surface area contributed by atoms with E-state index in [4.69, 9.17) is 0 Å². The van der Waals surface area contributed by atoms with Crippen LogP contribution >= 0.6 is 0 Å². The number of carboxylic acids is 1. The van der Waals surface area contributed by atoms with E-state index in [1.54, 1.807) is 0 Å². The van der Waals surface area contributed by atoms with Crippen LogP contribution in [0.25, 0.3) is 0 Å². The number of unbranched alkanes of at least 4 members (excludes halogenated alkanes) is 1. The second kappa shape index (κ2) is 11.5. The highest BCUT2D eigenvalue weighted by Gasteiger charge is 2.20. The lowest BCUT2D eigenvalue weighted by atomic mass is 9.97. The lowest BCUT2D eigenvalue weighted by molar-refractivity contribution is -0.141. The maximum absolute atomic E-state index is 12.2. The van der Waals surface area contributed by atoms with Crippen molar-refractivity contribution in [2.24, 2.45) is 0 Å². The van der Waals surface area contributed by atoms with Gasteiger partial charge in [-0.25, -0.2) is 0 Å². The monoisotopic (exact) mass is 372 g/mol. The second-order valence-corrected chi connectivity index (χ2v) is 7.26. The average molecular weight is 373 g/mol. The lowest BCUT2D eigenvalue weighted by Gasteiger charge is -2.17. The highest BCUT2D eigenvalue weighted by Crippen LogP contribution is 2.19. The molecule has 1 aliphatic carbocycles. The maximum Gasteiger partial charge on any atom is 0.321 e. The SMILES string of the molecule is CCCCc1ccc(NC(=O)CC(NCCC2=CCCCC2)C(=O)O)cc1. The quantitative estimate of drug-likeness (QED) is 0.506. The number of anilines is 1. The number of rotatable bonds is 11. The number of hydrogen-bond acceptors (Lipinski definition) is 3. The highest BCUT2D eigenvalue weighted by molar-refractivity contribution is 5.94. The predicted octanol–water partition coefficient (Wildman–Crippen LogP) is 4.29. The molecule has 0 aliphatic heterocycles. The van der Waals surface area contributed by atoms with Crippen molar-refractivity contribution < 1.29 is 14.7 Å². The number of hydrogen-bond donors (Lipinski definition) is 3. The van der Waals surface area contributed by atoms with Crippen molar-refractivity contribution in [3.8, 4) is 0 Å². The molecule has 0 bridgehead atoms. The molecule has 0 saturated heterocycles. The summed E-state index contributed by atoms with van der Waals surface area (Å²) in [6, 6.07) is 6.91. The number of aryl methyl sites for hydroxylation is 1. The van der Waals surface area contributed by atoms with Crippen LogP contribution in [-0.4, -0.2) is 29.6 Å². The standard InChI is InChI=1S/C22H32N2O3/c1-2-3-7-18-10-12-19(13-11-18)24-21(25)16-20(22(26)27)23-15-14-17-8-5-4-6-9-17/h8,10-13,20,23H,2-7,9,14-16H2,1H3,(H,24,25)(H,26,27). The summed E-state index contributed by atoms with van der Waals surface area (Å²) in [5.41, 5.74) is 3.35. The Labute approximate surface area is 162 Å².